The summed E-state index contributed by atoms with van der Waals surface area (Å²) in [6.45, 7) is 6.39. The number of carbonyl (C=O) groups excluding carboxylic acids is 1. The normalized spacial score (nSPS) is 16.4. The molecule has 1 amide bonds. The molecular formula is C19H29Cl2N5O. The Morgan fingerprint density at radius 1 is 1.26 bits per heavy atom. The van der Waals surface area contributed by atoms with Crippen molar-refractivity contribution in [3.05, 3.63) is 41.5 Å². The number of anilines is 1. The van der Waals surface area contributed by atoms with Gasteiger partial charge >= 0.3 is 0 Å². The van der Waals surface area contributed by atoms with E-state index in [9.17, 15) is 4.79 Å². The fourth-order valence-electron chi connectivity index (χ4n) is 3.58. The number of piperidine rings is 1. The van der Waals surface area contributed by atoms with E-state index < -0.39 is 0 Å². The van der Waals surface area contributed by atoms with Gasteiger partial charge in [0.05, 0.1) is 0 Å². The van der Waals surface area contributed by atoms with Crippen molar-refractivity contribution in [2.75, 3.05) is 18.8 Å². The molecule has 2 N–H and O–H groups in total. The molecule has 1 saturated heterocycles. The largest absolute Gasteiger partial charge is 0.399 e. The number of benzene rings is 1. The summed E-state index contributed by atoms with van der Waals surface area (Å²) in [6.07, 6.45) is 3.40. The van der Waals surface area contributed by atoms with E-state index in [1.165, 1.54) is 0 Å². The van der Waals surface area contributed by atoms with Crippen LogP contribution in [0.3, 0.4) is 0 Å². The van der Waals surface area contributed by atoms with E-state index >= 15 is 0 Å². The summed E-state index contributed by atoms with van der Waals surface area (Å²) < 4.78 is 1.97. The van der Waals surface area contributed by atoms with E-state index in [4.69, 9.17) is 5.73 Å². The summed E-state index contributed by atoms with van der Waals surface area (Å²) in [6, 6.07) is 7.77. The van der Waals surface area contributed by atoms with Gasteiger partial charge in [0.1, 0.15) is 11.6 Å². The third-order valence-electron chi connectivity index (χ3n) is 4.93. The maximum atomic E-state index is 12.6. The number of nitrogens with two attached hydrogens (primary N) is 1. The zero-order valence-corrected chi connectivity index (χ0v) is 17.6. The first kappa shape index (κ1) is 23.2. The molecule has 8 heteroatoms. The summed E-state index contributed by atoms with van der Waals surface area (Å²) in [5, 5.41) is 4.45. The highest BCUT2D eigenvalue weighted by molar-refractivity contribution is 5.85. The van der Waals surface area contributed by atoms with Gasteiger partial charge in [-0.3, -0.25) is 4.79 Å². The number of nitrogens with zero attached hydrogens (tertiary/aromatic N) is 4. The lowest BCUT2D eigenvalue weighted by molar-refractivity contribution is -0.133. The van der Waals surface area contributed by atoms with Crippen LogP contribution in [-0.4, -0.2) is 38.7 Å². The lowest BCUT2D eigenvalue weighted by atomic mass is 9.97. The van der Waals surface area contributed by atoms with Crippen molar-refractivity contribution in [1.29, 1.82) is 0 Å². The monoisotopic (exact) mass is 413 g/mol. The average molecular weight is 414 g/mol. The van der Waals surface area contributed by atoms with Crippen molar-refractivity contribution in [2.45, 2.75) is 46.1 Å². The Morgan fingerprint density at radius 2 is 2.00 bits per heavy atom. The number of halogens is 2. The summed E-state index contributed by atoms with van der Waals surface area (Å²) in [5.74, 6) is 2.42. The molecule has 0 radical (unpaired) electrons. The van der Waals surface area contributed by atoms with Crippen LogP contribution >= 0.6 is 24.8 Å². The predicted molar refractivity (Wildman–Crippen MR) is 112 cm³/mol. The molecule has 27 heavy (non-hydrogen) atoms. The molecule has 0 aliphatic carbocycles. The number of para-hydroxylation sites is 1. The topological polar surface area (TPSA) is 77.0 Å². The van der Waals surface area contributed by atoms with Crippen LogP contribution in [0.2, 0.25) is 0 Å². The molecule has 1 aliphatic heterocycles. The molecular weight excluding hydrogens is 385 g/mol. The fraction of sp³-hybridized carbons (Fsp3) is 0.526. The lowest BCUT2D eigenvalue weighted by Crippen LogP contribution is -2.41. The first-order valence-corrected chi connectivity index (χ1v) is 9.02. The van der Waals surface area contributed by atoms with Crippen molar-refractivity contribution in [3.63, 3.8) is 0 Å². The highest BCUT2D eigenvalue weighted by atomic mass is 35.5. The zero-order chi connectivity index (χ0) is 17.8. The van der Waals surface area contributed by atoms with E-state index in [0.29, 0.717) is 18.8 Å². The van der Waals surface area contributed by atoms with Gasteiger partial charge in [0.15, 0.2) is 0 Å². The Labute approximate surface area is 173 Å². The molecule has 3 rings (SSSR count). The molecule has 1 unspecified atom stereocenters. The van der Waals surface area contributed by atoms with E-state index in [1.54, 1.807) is 0 Å². The minimum atomic E-state index is 0. The fourth-order valence-corrected chi connectivity index (χ4v) is 3.58. The van der Waals surface area contributed by atoms with Gasteiger partial charge in [-0.2, -0.15) is 5.10 Å². The molecule has 0 bridgehead atoms. The Kier molecular flexibility index (Phi) is 9.06. The van der Waals surface area contributed by atoms with Crippen LogP contribution in [0, 0.1) is 19.8 Å². The van der Waals surface area contributed by atoms with E-state index in [1.807, 2.05) is 47.7 Å². The maximum absolute atomic E-state index is 12.6. The number of amides is 1. The molecule has 1 aromatic carbocycles. The number of aryl methyl sites for hydroxylation is 3. The minimum absolute atomic E-state index is 0. The van der Waals surface area contributed by atoms with Crippen molar-refractivity contribution >= 4 is 36.4 Å². The van der Waals surface area contributed by atoms with Crippen LogP contribution < -0.4 is 5.73 Å². The highest BCUT2D eigenvalue weighted by Gasteiger charge is 2.24. The molecule has 1 aliphatic rings. The Hall–Kier alpha value is -1.79. The van der Waals surface area contributed by atoms with Gasteiger partial charge in [0.2, 0.25) is 5.91 Å². The van der Waals surface area contributed by atoms with Gasteiger partial charge in [-0.25, -0.2) is 9.67 Å². The molecule has 2 heterocycles. The number of nitrogen functional groups attached to an aromatic ring is 1. The average Bonchev–Trinajstić information content (AvgIpc) is 2.91. The molecule has 150 valence electrons. The molecule has 2 aromatic rings. The molecule has 0 spiro atoms. The second-order valence-electron chi connectivity index (χ2n) is 6.94. The van der Waals surface area contributed by atoms with E-state index in [2.05, 4.69) is 10.1 Å². The van der Waals surface area contributed by atoms with Crippen LogP contribution in [0.15, 0.2) is 24.3 Å². The molecule has 0 saturated carbocycles. The SMILES string of the molecule is Cc1nc(C)n(CC2CCCN(C(=O)CCc3ccccc3N)C2)n1.Cl.Cl. The van der Waals surface area contributed by atoms with Gasteiger partial charge in [0.25, 0.3) is 0 Å². The van der Waals surface area contributed by atoms with Gasteiger partial charge in [-0.05, 0) is 50.7 Å². The molecule has 1 fully saturated rings. The van der Waals surface area contributed by atoms with Crippen molar-refractivity contribution < 1.29 is 4.79 Å². The second-order valence-corrected chi connectivity index (χ2v) is 6.94. The minimum Gasteiger partial charge on any atom is -0.399 e. The summed E-state index contributed by atoms with van der Waals surface area (Å²) in [4.78, 5) is 19.0. The van der Waals surface area contributed by atoms with Crippen LogP contribution in [0.25, 0.3) is 0 Å². The first-order chi connectivity index (χ1) is 12.0. The second kappa shape index (κ2) is 10.5. The number of rotatable bonds is 5. The summed E-state index contributed by atoms with van der Waals surface area (Å²) >= 11 is 0. The third-order valence-corrected chi connectivity index (χ3v) is 4.93. The first-order valence-electron chi connectivity index (χ1n) is 9.02. The van der Waals surface area contributed by atoms with Crippen molar-refractivity contribution in [3.8, 4) is 0 Å². The van der Waals surface area contributed by atoms with E-state index in [-0.39, 0.29) is 30.7 Å². The lowest BCUT2D eigenvalue weighted by Gasteiger charge is -2.33. The van der Waals surface area contributed by atoms with Crippen LogP contribution in [-0.2, 0) is 17.8 Å². The Morgan fingerprint density at radius 3 is 2.67 bits per heavy atom. The van der Waals surface area contributed by atoms with Gasteiger partial charge in [-0.1, -0.05) is 18.2 Å². The number of aromatic nitrogens is 3. The molecule has 1 atom stereocenters. The highest BCUT2D eigenvalue weighted by Crippen LogP contribution is 2.20. The smallest absolute Gasteiger partial charge is 0.222 e. The van der Waals surface area contributed by atoms with E-state index in [0.717, 1.165) is 55.4 Å². The summed E-state index contributed by atoms with van der Waals surface area (Å²) in [7, 11) is 0. The molecule has 1 aromatic heterocycles. The predicted octanol–water partition coefficient (Wildman–Crippen LogP) is 3.19. The van der Waals surface area contributed by atoms with Crippen LogP contribution in [0.4, 0.5) is 5.69 Å². The van der Waals surface area contributed by atoms with Crippen molar-refractivity contribution in [1.82, 2.24) is 19.7 Å². The van der Waals surface area contributed by atoms with Gasteiger partial charge < -0.3 is 10.6 Å². The number of carbonyl (C=O) groups is 1. The maximum Gasteiger partial charge on any atom is 0.222 e. The Balaban J connectivity index is 0.00000182. The Bertz CT molecular complexity index is 749. The number of hydrogen-bond donors (Lipinski definition) is 1. The van der Waals surface area contributed by atoms with Crippen LogP contribution in [0.5, 0.6) is 0 Å². The summed E-state index contributed by atoms with van der Waals surface area (Å²) in [5.41, 5.74) is 7.79. The quantitative estimate of drug-likeness (QED) is 0.763. The van der Waals surface area contributed by atoms with Gasteiger partial charge in [-0.15, -0.1) is 24.8 Å². The number of hydrogen-bond acceptors (Lipinski definition) is 4. The van der Waals surface area contributed by atoms with Crippen molar-refractivity contribution in [2.24, 2.45) is 5.92 Å². The van der Waals surface area contributed by atoms with Crippen LogP contribution in [0.1, 0.15) is 36.5 Å². The van der Waals surface area contributed by atoms with Gasteiger partial charge in [0, 0.05) is 31.7 Å². The third kappa shape index (κ3) is 6.11. The zero-order valence-electron chi connectivity index (χ0n) is 15.9. The standard InChI is InChI=1S/C19H27N5O.2ClH/c1-14-21-15(2)24(22-14)13-16-6-5-11-23(12-16)19(25)10-9-17-7-3-4-8-18(17)20;;/h3-4,7-8,16H,5-6,9-13,20H2,1-2H3;2*1H. The number of likely N-dealkylation sites (tertiary alicyclic amines) is 1. The molecule has 6 nitrogen and oxygen atoms in total.